The lowest BCUT2D eigenvalue weighted by atomic mass is 9.87. The van der Waals surface area contributed by atoms with Crippen molar-refractivity contribution in [3.63, 3.8) is 0 Å². The zero-order valence-electron chi connectivity index (χ0n) is 11.2. The van der Waals surface area contributed by atoms with Crippen molar-refractivity contribution in [2.75, 3.05) is 13.6 Å². The van der Waals surface area contributed by atoms with Crippen molar-refractivity contribution >= 4 is 0 Å². The number of benzene rings is 1. The van der Waals surface area contributed by atoms with Crippen LogP contribution in [0.1, 0.15) is 26.3 Å². The second-order valence-corrected chi connectivity index (χ2v) is 5.80. The predicted octanol–water partition coefficient (Wildman–Crippen LogP) is 2.63. The number of hydrogen-bond acceptors (Lipinski definition) is 2. The van der Waals surface area contributed by atoms with E-state index < -0.39 is 0 Å². The number of likely N-dealkylation sites (N-methyl/N-ethyl adjacent to an activating group) is 1. The van der Waals surface area contributed by atoms with Crippen LogP contribution in [0.3, 0.4) is 0 Å². The van der Waals surface area contributed by atoms with Crippen LogP contribution in [-0.2, 0) is 6.54 Å². The fourth-order valence-corrected chi connectivity index (χ4v) is 1.62. The van der Waals surface area contributed by atoms with Crippen molar-refractivity contribution < 1.29 is 4.39 Å². The minimum atomic E-state index is -0.184. The van der Waals surface area contributed by atoms with E-state index in [1.54, 1.807) is 12.1 Å². The van der Waals surface area contributed by atoms with Gasteiger partial charge in [-0.25, -0.2) is 4.39 Å². The summed E-state index contributed by atoms with van der Waals surface area (Å²) in [6.07, 6.45) is 0. The van der Waals surface area contributed by atoms with Crippen LogP contribution in [0.15, 0.2) is 24.3 Å². The van der Waals surface area contributed by atoms with Gasteiger partial charge in [-0.1, -0.05) is 32.9 Å². The highest BCUT2D eigenvalue weighted by Gasteiger charge is 2.21. The molecule has 0 aliphatic carbocycles. The maximum Gasteiger partial charge on any atom is 0.123 e. The zero-order chi connectivity index (χ0) is 13.1. The van der Waals surface area contributed by atoms with Crippen LogP contribution in [-0.4, -0.2) is 24.5 Å². The molecule has 3 heteroatoms. The van der Waals surface area contributed by atoms with Crippen LogP contribution < -0.4 is 5.73 Å². The SMILES string of the molecule is CN(Cc1cccc(F)c1)C[C@H](N)C(C)(C)C. The minimum absolute atomic E-state index is 0.0935. The summed E-state index contributed by atoms with van der Waals surface area (Å²) in [4.78, 5) is 2.13. The van der Waals surface area contributed by atoms with Gasteiger partial charge in [0.2, 0.25) is 0 Å². The standard InChI is InChI=1S/C14H23FN2/c1-14(2,3)13(16)10-17(4)9-11-6-5-7-12(15)8-11/h5-8,13H,9-10,16H2,1-4H3/t13-/m0/s1. The van der Waals surface area contributed by atoms with E-state index in [1.165, 1.54) is 6.07 Å². The number of hydrogen-bond donors (Lipinski definition) is 1. The molecule has 0 aliphatic rings. The molecule has 0 aliphatic heterocycles. The number of nitrogens with two attached hydrogens (primary N) is 1. The average Bonchev–Trinajstić information content (AvgIpc) is 2.15. The molecule has 0 aromatic heterocycles. The highest BCUT2D eigenvalue weighted by Crippen LogP contribution is 2.18. The van der Waals surface area contributed by atoms with E-state index >= 15 is 0 Å². The van der Waals surface area contributed by atoms with Gasteiger partial charge in [0, 0.05) is 19.1 Å². The van der Waals surface area contributed by atoms with E-state index in [1.807, 2.05) is 13.1 Å². The summed E-state index contributed by atoms with van der Waals surface area (Å²) in [5.74, 6) is -0.184. The lowest BCUT2D eigenvalue weighted by molar-refractivity contribution is 0.222. The monoisotopic (exact) mass is 238 g/mol. The first-order chi connectivity index (χ1) is 7.79. The summed E-state index contributed by atoms with van der Waals surface area (Å²) in [5.41, 5.74) is 7.19. The van der Waals surface area contributed by atoms with Gasteiger partial charge in [-0.3, -0.25) is 0 Å². The lowest BCUT2D eigenvalue weighted by Crippen LogP contribution is -2.43. The summed E-state index contributed by atoms with van der Waals surface area (Å²) in [6.45, 7) is 7.93. The van der Waals surface area contributed by atoms with Crippen LogP contribution in [0.25, 0.3) is 0 Å². The van der Waals surface area contributed by atoms with Crippen LogP contribution in [0.5, 0.6) is 0 Å². The summed E-state index contributed by atoms with van der Waals surface area (Å²) in [7, 11) is 2.01. The van der Waals surface area contributed by atoms with E-state index in [9.17, 15) is 4.39 Å². The summed E-state index contributed by atoms with van der Waals surface area (Å²) in [6, 6.07) is 6.81. The Hall–Kier alpha value is -0.930. The molecule has 0 fully saturated rings. The molecule has 1 aromatic rings. The lowest BCUT2D eigenvalue weighted by Gasteiger charge is -2.31. The molecule has 0 radical (unpaired) electrons. The highest BCUT2D eigenvalue weighted by atomic mass is 19.1. The maximum absolute atomic E-state index is 13.0. The Morgan fingerprint density at radius 2 is 2.00 bits per heavy atom. The van der Waals surface area contributed by atoms with Crippen LogP contribution in [0, 0.1) is 11.2 Å². The molecule has 0 saturated carbocycles. The molecule has 96 valence electrons. The van der Waals surface area contributed by atoms with Gasteiger partial charge in [0.25, 0.3) is 0 Å². The Bertz CT molecular complexity index is 357. The summed E-state index contributed by atoms with van der Waals surface area (Å²) < 4.78 is 13.0. The molecule has 1 rings (SSSR count). The van der Waals surface area contributed by atoms with Crippen molar-refractivity contribution in [1.82, 2.24) is 4.90 Å². The van der Waals surface area contributed by atoms with Crippen molar-refractivity contribution in [2.24, 2.45) is 11.1 Å². The Labute approximate surface area is 104 Å². The third-order valence-corrected chi connectivity index (χ3v) is 2.96. The van der Waals surface area contributed by atoms with Crippen LogP contribution in [0.4, 0.5) is 4.39 Å². The Kier molecular flexibility index (Phi) is 4.66. The Balaban J connectivity index is 2.53. The summed E-state index contributed by atoms with van der Waals surface area (Å²) in [5, 5.41) is 0. The van der Waals surface area contributed by atoms with E-state index in [0.717, 1.165) is 18.7 Å². The molecule has 0 spiro atoms. The number of nitrogens with zero attached hydrogens (tertiary/aromatic N) is 1. The van der Waals surface area contributed by atoms with Crippen molar-refractivity contribution in [2.45, 2.75) is 33.4 Å². The van der Waals surface area contributed by atoms with E-state index in [-0.39, 0.29) is 17.3 Å². The number of halogens is 1. The number of rotatable bonds is 4. The Morgan fingerprint density at radius 1 is 1.35 bits per heavy atom. The first kappa shape index (κ1) is 14.1. The zero-order valence-corrected chi connectivity index (χ0v) is 11.2. The average molecular weight is 238 g/mol. The van der Waals surface area contributed by atoms with Gasteiger partial charge in [0.05, 0.1) is 0 Å². The smallest absolute Gasteiger partial charge is 0.123 e. The van der Waals surface area contributed by atoms with Gasteiger partial charge >= 0.3 is 0 Å². The molecule has 2 N–H and O–H groups in total. The second kappa shape index (κ2) is 5.61. The molecule has 17 heavy (non-hydrogen) atoms. The van der Waals surface area contributed by atoms with Crippen molar-refractivity contribution in [1.29, 1.82) is 0 Å². The molecule has 0 amide bonds. The van der Waals surface area contributed by atoms with Gasteiger partial charge in [-0.05, 0) is 30.2 Å². The van der Waals surface area contributed by atoms with Gasteiger partial charge in [0.1, 0.15) is 5.82 Å². The van der Waals surface area contributed by atoms with Gasteiger partial charge < -0.3 is 10.6 Å². The topological polar surface area (TPSA) is 29.3 Å². The summed E-state index contributed by atoms with van der Waals surface area (Å²) >= 11 is 0. The minimum Gasteiger partial charge on any atom is -0.326 e. The normalized spacial score (nSPS) is 14.1. The third kappa shape index (κ3) is 4.84. The molecule has 0 heterocycles. The fourth-order valence-electron chi connectivity index (χ4n) is 1.62. The van der Waals surface area contributed by atoms with Gasteiger partial charge in [-0.15, -0.1) is 0 Å². The van der Waals surface area contributed by atoms with Crippen LogP contribution >= 0.6 is 0 Å². The maximum atomic E-state index is 13.0. The van der Waals surface area contributed by atoms with E-state index in [4.69, 9.17) is 5.73 Å². The third-order valence-electron chi connectivity index (χ3n) is 2.96. The highest BCUT2D eigenvalue weighted by molar-refractivity contribution is 5.16. The molecule has 1 aromatic carbocycles. The predicted molar refractivity (Wildman–Crippen MR) is 70.2 cm³/mol. The first-order valence-corrected chi connectivity index (χ1v) is 5.97. The molecule has 0 bridgehead atoms. The molecule has 1 atom stereocenters. The van der Waals surface area contributed by atoms with Gasteiger partial charge in [0.15, 0.2) is 0 Å². The largest absolute Gasteiger partial charge is 0.326 e. The molecule has 0 unspecified atom stereocenters. The quantitative estimate of drug-likeness (QED) is 0.873. The van der Waals surface area contributed by atoms with Gasteiger partial charge in [-0.2, -0.15) is 0 Å². The van der Waals surface area contributed by atoms with Crippen molar-refractivity contribution in [3.8, 4) is 0 Å². The van der Waals surface area contributed by atoms with Crippen LogP contribution in [0.2, 0.25) is 0 Å². The van der Waals surface area contributed by atoms with Crippen molar-refractivity contribution in [3.05, 3.63) is 35.6 Å². The first-order valence-electron chi connectivity index (χ1n) is 5.97. The Morgan fingerprint density at radius 3 is 2.53 bits per heavy atom. The molecular formula is C14H23FN2. The molecule has 0 saturated heterocycles. The molecule has 2 nitrogen and oxygen atoms in total. The second-order valence-electron chi connectivity index (χ2n) is 5.80. The van der Waals surface area contributed by atoms with E-state index in [2.05, 4.69) is 25.7 Å². The molecular weight excluding hydrogens is 215 g/mol. The fraction of sp³-hybridized carbons (Fsp3) is 0.571. The van der Waals surface area contributed by atoms with E-state index in [0.29, 0.717) is 0 Å².